The monoisotopic (exact) mass is 288 g/mol. The quantitative estimate of drug-likeness (QED) is 0.851. The number of aromatic nitrogens is 1. The summed E-state index contributed by atoms with van der Waals surface area (Å²) in [5.41, 5.74) is 0.561. The van der Waals surface area contributed by atoms with E-state index < -0.39 is 0 Å². The highest BCUT2D eigenvalue weighted by Crippen LogP contribution is 2.15. The lowest BCUT2D eigenvalue weighted by atomic mass is 10.2. The fourth-order valence-corrected chi connectivity index (χ4v) is 1.85. The summed E-state index contributed by atoms with van der Waals surface area (Å²) in [4.78, 5) is 16.1. The molecule has 1 amide bonds. The zero-order valence-electron chi connectivity index (χ0n) is 12.3. The summed E-state index contributed by atoms with van der Waals surface area (Å²) < 4.78 is 11.0. The smallest absolute Gasteiger partial charge is 0.252 e. The average molecular weight is 288 g/mol. The predicted octanol–water partition coefficient (Wildman–Crippen LogP) is 2.82. The molecule has 0 saturated heterocycles. The molecule has 21 heavy (non-hydrogen) atoms. The topological polar surface area (TPSA) is 64.4 Å². The molecule has 1 N–H and O–H groups in total. The standard InChI is InChI=1S/C16H20N2O3/c1-12(2)10-20-11-14(15-4-3-9-21-15)18-16(19)13-5-7-17-8-6-13/h3-9,12,14H,10-11H2,1-2H3,(H,18,19)/t14-/m1/s1. The molecular weight excluding hydrogens is 268 g/mol. The SMILES string of the molecule is CC(C)COC[C@@H](NC(=O)c1ccncc1)c1ccco1. The molecule has 0 aliphatic heterocycles. The summed E-state index contributed by atoms with van der Waals surface area (Å²) in [5, 5.41) is 2.92. The van der Waals surface area contributed by atoms with E-state index in [4.69, 9.17) is 9.15 Å². The Hall–Kier alpha value is -2.14. The Morgan fingerprint density at radius 2 is 2.05 bits per heavy atom. The number of nitrogens with zero attached hydrogens (tertiary/aromatic N) is 1. The number of hydrogen-bond acceptors (Lipinski definition) is 4. The minimum absolute atomic E-state index is 0.174. The van der Waals surface area contributed by atoms with Crippen molar-refractivity contribution in [2.75, 3.05) is 13.2 Å². The molecule has 0 bridgehead atoms. The Bertz CT molecular complexity index is 538. The fourth-order valence-electron chi connectivity index (χ4n) is 1.85. The summed E-state index contributed by atoms with van der Waals surface area (Å²) in [5.74, 6) is 0.950. The van der Waals surface area contributed by atoms with E-state index in [0.717, 1.165) is 0 Å². The number of hydrogen-bond donors (Lipinski definition) is 1. The molecule has 2 rings (SSSR count). The Balaban J connectivity index is 2.00. The average Bonchev–Trinajstić information content (AvgIpc) is 3.01. The molecule has 1 atom stereocenters. The van der Waals surface area contributed by atoms with Crippen LogP contribution in [0.5, 0.6) is 0 Å². The largest absolute Gasteiger partial charge is 0.467 e. The van der Waals surface area contributed by atoms with Crippen LogP contribution in [0.3, 0.4) is 0 Å². The Kier molecular flexibility index (Phi) is 5.51. The van der Waals surface area contributed by atoms with Crippen LogP contribution >= 0.6 is 0 Å². The molecule has 0 spiro atoms. The van der Waals surface area contributed by atoms with Gasteiger partial charge in [-0.3, -0.25) is 9.78 Å². The van der Waals surface area contributed by atoms with Gasteiger partial charge in [0.05, 0.1) is 12.9 Å². The number of pyridine rings is 1. The number of nitrogens with one attached hydrogen (secondary N) is 1. The Morgan fingerprint density at radius 3 is 2.67 bits per heavy atom. The lowest BCUT2D eigenvalue weighted by Crippen LogP contribution is -2.31. The van der Waals surface area contributed by atoms with Crippen LogP contribution in [0.1, 0.15) is 36.0 Å². The number of ether oxygens (including phenoxy) is 1. The van der Waals surface area contributed by atoms with Gasteiger partial charge in [0.1, 0.15) is 11.8 Å². The first kappa shape index (κ1) is 15.3. The Morgan fingerprint density at radius 1 is 1.29 bits per heavy atom. The maximum Gasteiger partial charge on any atom is 0.252 e. The van der Waals surface area contributed by atoms with Crippen molar-refractivity contribution in [1.82, 2.24) is 10.3 Å². The summed E-state index contributed by atoms with van der Waals surface area (Å²) in [7, 11) is 0. The van der Waals surface area contributed by atoms with E-state index in [1.54, 1.807) is 36.9 Å². The molecule has 5 nitrogen and oxygen atoms in total. The van der Waals surface area contributed by atoms with Gasteiger partial charge in [-0.05, 0) is 30.2 Å². The van der Waals surface area contributed by atoms with E-state index in [2.05, 4.69) is 24.1 Å². The van der Waals surface area contributed by atoms with Gasteiger partial charge in [-0.1, -0.05) is 13.8 Å². The third-order valence-corrected chi connectivity index (χ3v) is 2.87. The van der Waals surface area contributed by atoms with E-state index in [1.807, 2.05) is 6.07 Å². The van der Waals surface area contributed by atoms with Crippen LogP contribution in [-0.4, -0.2) is 24.1 Å². The summed E-state index contributed by atoms with van der Waals surface area (Å²) in [6, 6.07) is 6.66. The van der Waals surface area contributed by atoms with Crippen molar-refractivity contribution in [1.29, 1.82) is 0 Å². The summed E-state index contributed by atoms with van der Waals surface area (Å²) in [6.07, 6.45) is 4.77. The molecule has 0 fully saturated rings. The van der Waals surface area contributed by atoms with Gasteiger partial charge in [0.2, 0.25) is 0 Å². The lowest BCUT2D eigenvalue weighted by molar-refractivity contribution is 0.0730. The maximum atomic E-state index is 12.2. The minimum atomic E-state index is -0.306. The highest BCUT2D eigenvalue weighted by Gasteiger charge is 2.18. The number of rotatable bonds is 7. The van der Waals surface area contributed by atoms with Gasteiger partial charge in [-0.2, -0.15) is 0 Å². The second-order valence-corrected chi connectivity index (χ2v) is 5.21. The fraction of sp³-hybridized carbons (Fsp3) is 0.375. The van der Waals surface area contributed by atoms with Crippen molar-refractivity contribution in [2.24, 2.45) is 5.92 Å². The van der Waals surface area contributed by atoms with Crippen LogP contribution in [0.15, 0.2) is 47.3 Å². The third kappa shape index (κ3) is 4.72. The first-order chi connectivity index (χ1) is 10.2. The van der Waals surface area contributed by atoms with Crippen molar-refractivity contribution in [3.8, 4) is 0 Å². The highest BCUT2D eigenvalue weighted by atomic mass is 16.5. The van der Waals surface area contributed by atoms with Crippen molar-refractivity contribution < 1.29 is 13.9 Å². The summed E-state index contributed by atoms with van der Waals surface area (Å²) in [6.45, 7) is 5.18. The van der Waals surface area contributed by atoms with Crippen molar-refractivity contribution in [2.45, 2.75) is 19.9 Å². The Labute approximate surface area is 124 Å². The molecule has 0 aliphatic rings. The first-order valence-corrected chi connectivity index (χ1v) is 6.99. The van der Waals surface area contributed by atoms with Gasteiger partial charge < -0.3 is 14.5 Å². The summed E-state index contributed by atoms with van der Waals surface area (Å²) >= 11 is 0. The molecule has 0 aliphatic carbocycles. The molecule has 2 aromatic heterocycles. The highest BCUT2D eigenvalue weighted by molar-refractivity contribution is 5.94. The van der Waals surface area contributed by atoms with Gasteiger partial charge >= 0.3 is 0 Å². The van der Waals surface area contributed by atoms with Crippen molar-refractivity contribution in [3.05, 3.63) is 54.2 Å². The zero-order chi connectivity index (χ0) is 15.1. The van der Waals surface area contributed by atoms with Crippen LogP contribution in [0.4, 0.5) is 0 Å². The van der Waals surface area contributed by atoms with Crippen LogP contribution in [-0.2, 0) is 4.74 Å². The number of carbonyl (C=O) groups is 1. The molecule has 112 valence electrons. The number of carbonyl (C=O) groups excluding carboxylic acids is 1. The van der Waals surface area contributed by atoms with Gasteiger partial charge in [-0.15, -0.1) is 0 Å². The molecule has 0 unspecified atom stereocenters. The van der Waals surface area contributed by atoms with Gasteiger partial charge in [0.25, 0.3) is 5.91 Å². The molecular formula is C16H20N2O3. The van der Waals surface area contributed by atoms with Crippen LogP contribution in [0.25, 0.3) is 0 Å². The van der Waals surface area contributed by atoms with Crippen LogP contribution in [0.2, 0.25) is 0 Å². The van der Waals surface area contributed by atoms with E-state index in [-0.39, 0.29) is 11.9 Å². The normalized spacial score (nSPS) is 12.3. The molecule has 0 saturated carbocycles. The second kappa shape index (κ2) is 7.59. The lowest BCUT2D eigenvalue weighted by Gasteiger charge is -2.17. The van der Waals surface area contributed by atoms with E-state index in [9.17, 15) is 4.79 Å². The van der Waals surface area contributed by atoms with Gasteiger partial charge in [-0.25, -0.2) is 0 Å². The third-order valence-electron chi connectivity index (χ3n) is 2.87. The van der Waals surface area contributed by atoms with Gasteiger partial charge in [0, 0.05) is 24.6 Å². The molecule has 0 aromatic carbocycles. The van der Waals surface area contributed by atoms with Crippen molar-refractivity contribution >= 4 is 5.91 Å². The van der Waals surface area contributed by atoms with Crippen LogP contribution in [0, 0.1) is 5.92 Å². The zero-order valence-corrected chi connectivity index (χ0v) is 12.3. The minimum Gasteiger partial charge on any atom is -0.467 e. The van der Waals surface area contributed by atoms with E-state index in [0.29, 0.717) is 30.5 Å². The van der Waals surface area contributed by atoms with Crippen molar-refractivity contribution in [3.63, 3.8) is 0 Å². The number of amides is 1. The predicted molar refractivity (Wildman–Crippen MR) is 78.8 cm³/mol. The first-order valence-electron chi connectivity index (χ1n) is 6.99. The molecule has 2 aromatic rings. The van der Waals surface area contributed by atoms with Crippen LogP contribution < -0.4 is 5.32 Å². The maximum absolute atomic E-state index is 12.2. The molecule has 0 radical (unpaired) electrons. The second-order valence-electron chi connectivity index (χ2n) is 5.21. The number of furan rings is 1. The molecule has 2 heterocycles. The van der Waals surface area contributed by atoms with E-state index >= 15 is 0 Å². The van der Waals surface area contributed by atoms with Gasteiger partial charge in [0.15, 0.2) is 0 Å². The molecule has 5 heteroatoms. The van der Waals surface area contributed by atoms with E-state index in [1.165, 1.54) is 0 Å².